The summed E-state index contributed by atoms with van der Waals surface area (Å²) in [4.78, 5) is 0. The molecule has 0 atom stereocenters. The average molecular weight is 255 g/mol. The predicted molar refractivity (Wildman–Crippen MR) is 54.1 cm³/mol. The zero-order valence-electron chi connectivity index (χ0n) is 5.79. The second-order valence-electron chi connectivity index (χ2n) is 1.99. The second kappa shape index (κ2) is 4.14. The van der Waals surface area contributed by atoms with Gasteiger partial charge in [-0.25, -0.2) is 0 Å². The molecule has 0 amide bonds. The molecule has 0 unspecified atom stereocenters. The van der Waals surface area contributed by atoms with Gasteiger partial charge in [0.25, 0.3) is 0 Å². The zero-order chi connectivity index (χ0) is 8.10. The first-order chi connectivity index (χ1) is 5.34. The highest BCUT2D eigenvalue weighted by Gasteiger charge is 1.92. The molecule has 1 aromatic rings. The summed E-state index contributed by atoms with van der Waals surface area (Å²) in [7, 11) is 0. The minimum absolute atomic E-state index is 0.978. The van der Waals surface area contributed by atoms with Crippen LogP contribution in [0.1, 0.15) is 5.56 Å². The quantitative estimate of drug-likeness (QED) is 0.559. The topological polar surface area (TPSA) is 23.8 Å². The summed E-state index contributed by atoms with van der Waals surface area (Å²) in [5, 5.41) is 8.37. The first kappa shape index (κ1) is 8.28. The standard InChI is InChI=1S/C9H6IN/c10-9(6-7-11)8-4-2-1-3-5-8/h1-6H/b9-6-. The number of halogens is 1. The zero-order valence-corrected chi connectivity index (χ0v) is 7.95. The van der Waals surface area contributed by atoms with E-state index in [9.17, 15) is 0 Å². The Labute approximate surface area is 79.5 Å². The largest absolute Gasteiger partial charge is 0.193 e. The fourth-order valence-electron chi connectivity index (χ4n) is 0.737. The van der Waals surface area contributed by atoms with Crippen molar-refractivity contribution in [3.05, 3.63) is 42.0 Å². The maximum Gasteiger partial charge on any atom is 0.0923 e. The van der Waals surface area contributed by atoms with Crippen LogP contribution in [0, 0.1) is 11.3 Å². The average Bonchev–Trinajstić information content (AvgIpc) is 2.07. The van der Waals surface area contributed by atoms with Crippen LogP contribution in [0.25, 0.3) is 3.58 Å². The number of rotatable bonds is 1. The summed E-state index contributed by atoms with van der Waals surface area (Å²) < 4.78 is 0.978. The van der Waals surface area contributed by atoms with Crippen LogP contribution in [0.15, 0.2) is 36.4 Å². The molecule has 0 saturated carbocycles. The van der Waals surface area contributed by atoms with Crippen molar-refractivity contribution in [2.24, 2.45) is 0 Å². The van der Waals surface area contributed by atoms with Crippen LogP contribution >= 0.6 is 22.6 Å². The van der Waals surface area contributed by atoms with Crippen LogP contribution in [0.5, 0.6) is 0 Å². The van der Waals surface area contributed by atoms with Crippen molar-refractivity contribution in [3.63, 3.8) is 0 Å². The third-order valence-corrected chi connectivity index (χ3v) is 2.18. The van der Waals surface area contributed by atoms with E-state index in [1.54, 1.807) is 0 Å². The van der Waals surface area contributed by atoms with E-state index in [1.165, 1.54) is 6.08 Å². The summed E-state index contributed by atoms with van der Waals surface area (Å²) >= 11 is 2.15. The summed E-state index contributed by atoms with van der Waals surface area (Å²) in [5.41, 5.74) is 1.09. The van der Waals surface area contributed by atoms with E-state index >= 15 is 0 Å². The highest BCUT2D eigenvalue weighted by atomic mass is 127. The Morgan fingerprint density at radius 1 is 1.36 bits per heavy atom. The van der Waals surface area contributed by atoms with E-state index in [2.05, 4.69) is 22.6 Å². The van der Waals surface area contributed by atoms with Gasteiger partial charge in [-0.2, -0.15) is 5.26 Å². The molecule has 0 aliphatic heterocycles. The van der Waals surface area contributed by atoms with Gasteiger partial charge >= 0.3 is 0 Å². The van der Waals surface area contributed by atoms with Crippen molar-refractivity contribution in [2.75, 3.05) is 0 Å². The highest BCUT2D eigenvalue weighted by molar-refractivity contribution is 14.1. The van der Waals surface area contributed by atoms with E-state index < -0.39 is 0 Å². The summed E-state index contributed by atoms with van der Waals surface area (Å²) in [6.45, 7) is 0. The van der Waals surface area contributed by atoms with Gasteiger partial charge in [-0.1, -0.05) is 30.3 Å². The number of benzene rings is 1. The molecule has 0 spiro atoms. The number of hydrogen-bond acceptors (Lipinski definition) is 1. The highest BCUT2D eigenvalue weighted by Crippen LogP contribution is 2.20. The van der Waals surface area contributed by atoms with E-state index in [0.717, 1.165) is 9.14 Å². The Bertz CT molecular complexity index is 295. The normalized spacial score (nSPS) is 10.7. The molecule has 11 heavy (non-hydrogen) atoms. The van der Waals surface area contributed by atoms with Crippen LogP contribution in [0.2, 0.25) is 0 Å². The molecule has 0 saturated heterocycles. The fourth-order valence-corrected chi connectivity index (χ4v) is 1.24. The molecule has 2 heteroatoms. The summed E-state index contributed by atoms with van der Waals surface area (Å²) in [5.74, 6) is 0. The number of nitriles is 1. The SMILES string of the molecule is N#C/C=C(\I)c1ccccc1. The molecule has 0 fully saturated rings. The second-order valence-corrected chi connectivity index (χ2v) is 3.15. The summed E-state index contributed by atoms with van der Waals surface area (Å²) in [6, 6.07) is 11.8. The molecule has 54 valence electrons. The van der Waals surface area contributed by atoms with Crippen molar-refractivity contribution >= 4 is 26.2 Å². The predicted octanol–water partition coefficient (Wildman–Crippen LogP) is 2.99. The third-order valence-electron chi connectivity index (χ3n) is 1.24. The Morgan fingerprint density at radius 2 is 2.00 bits per heavy atom. The van der Waals surface area contributed by atoms with E-state index in [4.69, 9.17) is 5.26 Å². The number of nitrogens with zero attached hydrogens (tertiary/aromatic N) is 1. The Hall–Kier alpha value is -0.820. The lowest BCUT2D eigenvalue weighted by molar-refractivity contribution is 1.53. The molecule has 1 rings (SSSR count). The smallest absolute Gasteiger partial charge is 0.0923 e. The molecule has 0 radical (unpaired) electrons. The molecule has 0 aliphatic rings. The van der Waals surface area contributed by atoms with Crippen LogP contribution in [-0.2, 0) is 0 Å². The van der Waals surface area contributed by atoms with Crippen molar-refractivity contribution in [2.45, 2.75) is 0 Å². The van der Waals surface area contributed by atoms with Gasteiger partial charge in [0.05, 0.1) is 6.07 Å². The molecule has 0 heterocycles. The fraction of sp³-hybridized carbons (Fsp3) is 0. The van der Waals surface area contributed by atoms with Crippen LogP contribution < -0.4 is 0 Å². The molecular weight excluding hydrogens is 249 g/mol. The minimum atomic E-state index is 0.978. The first-order valence-corrected chi connectivity index (χ1v) is 4.23. The molecular formula is C9H6IN. The lowest BCUT2D eigenvalue weighted by atomic mass is 10.2. The lowest BCUT2D eigenvalue weighted by Gasteiger charge is -1.94. The van der Waals surface area contributed by atoms with Crippen molar-refractivity contribution < 1.29 is 0 Å². The van der Waals surface area contributed by atoms with Gasteiger partial charge in [0.15, 0.2) is 0 Å². The molecule has 0 aromatic heterocycles. The summed E-state index contributed by atoms with van der Waals surface area (Å²) in [6.07, 6.45) is 1.54. The van der Waals surface area contributed by atoms with Crippen molar-refractivity contribution in [1.82, 2.24) is 0 Å². The van der Waals surface area contributed by atoms with Crippen LogP contribution in [-0.4, -0.2) is 0 Å². The van der Waals surface area contributed by atoms with Gasteiger partial charge in [-0.15, -0.1) is 0 Å². The van der Waals surface area contributed by atoms with Crippen LogP contribution in [0.3, 0.4) is 0 Å². The lowest BCUT2D eigenvalue weighted by Crippen LogP contribution is -1.72. The van der Waals surface area contributed by atoms with Gasteiger partial charge in [-0.05, 0) is 28.2 Å². The molecule has 1 nitrogen and oxygen atoms in total. The van der Waals surface area contributed by atoms with Gasteiger partial charge in [0, 0.05) is 9.66 Å². The third kappa shape index (κ3) is 2.35. The molecule has 0 bridgehead atoms. The molecule has 0 N–H and O–H groups in total. The van der Waals surface area contributed by atoms with Gasteiger partial charge in [-0.3, -0.25) is 0 Å². The monoisotopic (exact) mass is 255 g/mol. The van der Waals surface area contributed by atoms with E-state index in [-0.39, 0.29) is 0 Å². The molecule has 0 aliphatic carbocycles. The number of hydrogen-bond donors (Lipinski definition) is 0. The van der Waals surface area contributed by atoms with Crippen molar-refractivity contribution in [3.8, 4) is 6.07 Å². The van der Waals surface area contributed by atoms with E-state index in [0.29, 0.717) is 0 Å². The van der Waals surface area contributed by atoms with Crippen molar-refractivity contribution in [1.29, 1.82) is 5.26 Å². The Morgan fingerprint density at radius 3 is 2.55 bits per heavy atom. The maximum absolute atomic E-state index is 8.37. The van der Waals surface area contributed by atoms with Gasteiger partial charge in [0.1, 0.15) is 0 Å². The van der Waals surface area contributed by atoms with Crippen LogP contribution in [0.4, 0.5) is 0 Å². The van der Waals surface area contributed by atoms with E-state index in [1.807, 2.05) is 36.4 Å². The number of allylic oxidation sites excluding steroid dienone is 1. The Kier molecular flexibility index (Phi) is 3.12. The van der Waals surface area contributed by atoms with Gasteiger partial charge in [0.2, 0.25) is 0 Å². The Balaban J connectivity index is 2.96. The minimum Gasteiger partial charge on any atom is -0.193 e. The molecule has 1 aromatic carbocycles. The van der Waals surface area contributed by atoms with Gasteiger partial charge < -0.3 is 0 Å². The first-order valence-electron chi connectivity index (χ1n) is 3.15. The maximum atomic E-state index is 8.37.